The average Bonchev–Trinajstić information content (AvgIpc) is 2.45. The zero-order valence-corrected chi connectivity index (χ0v) is 12.3. The van der Waals surface area contributed by atoms with Crippen LogP contribution in [0.3, 0.4) is 0 Å². The lowest BCUT2D eigenvalue weighted by Crippen LogP contribution is -2.37. The number of halogens is 2. The molecule has 1 heterocycles. The molecule has 0 radical (unpaired) electrons. The molecule has 0 spiro atoms. The SMILES string of the molecule is N[C@@H](Cc1ccc(O)cc1)C(=O)Nc1c(Cl)ncnc1Cl. The molecular formula is C13H12Cl2N4O2. The first-order valence-electron chi connectivity index (χ1n) is 5.97. The number of phenolic OH excluding ortho intramolecular Hbond substituents is 1. The topological polar surface area (TPSA) is 101 Å². The number of aromatic nitrogens is 2. The summed E-state index contributed by atoms with van der Waals surface area (Å²) in [6, 6.07) is 5.63. The van der Waals surface area contributed by atoms with Gasteiger partial charge in [-0.2, -0.15) is 0 Å². The second-order valence-corrected chi connectivity index (χ2v) is 5.01. The second-order valence-electron chi connectivity index (χ2n) is 4.30. The standard InChI is InChI=1S/C13H12Cl2N4O2/c14-11-10(12(15)18-6-17-11)19-13(21)9(16)5-7-1-3-8(20)4-2-7/h1-4,6,9,20H,5,16H2,(H,19,21)/t9-/m0/s1. The normalized spacial score (nSPS) is 12.0. The number of nitrogens with two attached hydrogens (primary N) is 1. The van der Waals surface area contributed by atoms with Gasteiger partial charge in [-0.3, -0.25) is 4.79 Å². The van der Waals surface area contributed by atoms with Crippen LogP contribution < -0.4 is 11.1 Å². The second kappa shape index (κ2) is 6.71. The van der Waals surface area contributed by atoms with E-state index in [2.05, 4.69) is 15.3 Å². The molecular weight excluding hydrogens is 315 g/mol. The Hall–Kier alpha value is -1.89. The zero-order valence-electron chi connectivity index (χ0n) is 10.8. The van der Waals surface area contributed by atoms with Crippen molar-refractivity contribution < 1.29 is 9.90 Å². The Morgan fingerprint density at radius 3 is 2.38 bits per heavy atom. The monoisotopic (exact) mass is 326 g/mol. The van der Waals surface area contributed by atoms with E-state index in [-0.39, 0.29) is 21.7 Å². The summed E-state index contributed by atoms with van der Waals surface area (Å²) in [5.74, 6) is -0.307. The Morgan fingerprint density at radius 1 is 1.24 bits per heavy atom. The minimum Gasteiger partial charge on any atom is -0.508 e. The van der Waals surface area contributed by atoms with Crippen LogP contribution in [0.4, 0.5) is 5.69 Å². The van der Waals surface area contributed by atoms with Gasteiger partial charge in [-0.15, -0.1) is 0 Å². The molecule has 2 aromatic rings. The van der Waals surface area contributed by atoms with Gasteiger partial charge in [0.2, 0.25) is 5.91 Å². The van der Waals surface area contributed by atoms with E-state index in [1.165, 1.54) is 18.5 Å². The van der Waals surface area contributed by atoms with Crippen molar-refractivity contribution in [2.75, 3.05) is 5.32 Å². The van der Waals surface area contributed by atoms with Gasteiger partial charge in [0.15, 0.2) is 10.3 Å². The lowest BCUT2D eigenvalue weighted by atomic mass is 10.1. The van der Waals surface area contributed by atoms with Crippen molar-refractivity contribution >= 4 is 34.8 Å². The van der Waals surface area contributed by atoms with E-state index in [1.807, 2.05) is 0 Å². The smallest absolute Gasteiger partial charge is 0.241 e. The molecule has 1 amide bonds. The lowest BCUT2D eigenvalue weighted by molar-refractivity contribution is -0.117. The van der Waals surface area contributed by atoms with Crippen molar-refractivity contribution in [3.8, 4) is 5.75 Å². The van der Waals surface area contributed by atoms with Gasteiger partial charge in [-0.25, -0.2) is 9.97 Å². The molecule has 21 heavy (non-hydrogen) atoms. The van der Waals surface area contributed by atoms with E-state index >= 15 is 0 Å². The van der Waals surface area contributed by atoms with Gasteiger partial charge in [-0.05, 0) is 24.1 Å². The number of hydrogen-bond acceptors (Lipinski definition) is 5. The van der Waals surface area contributed by atoms with Gasteiger partial charge in [0.05, 0.1) is 6.04 Å². The van der Waals surface area contributed by atoms with Crippen LogP contribution in [-0.2, 0) is 11.2 Å². The van der Waals surface area contributed by atoms with Crippen molar-refractivity contribution in [3.63, 3.8) is 0 Å². The Kier molecular flexibility index (Phi) is 4.95. The third kappa shape index (κ3) is 4.04. The van der Waals surface area contributed by atoms with Crippen LogP contribution in [0.1, 0.15) is 5.56 Å². The highest BCUT2D eigenvalue weighted by atomic mass is 35.5. The quantitative estimate of drug-likeness (QED) is 0.746. The predicted octanol–water partition coefficient (Wildman–Crippen LogP) is 2.00. The fraction of sp³-hybridized carbons (Fsp3) is 0.154. The number of hydrogen-bond donors (Lipinski definition) is 3. The average molecular weight is 327 g/mol. The molecule has 0 bridgehead atoms. The zero-order chi connectivity index (χ0) is 15.4. The van der Waals surface area contributed by atoms with Crippen molar-refractivity contribution in [2.45, 2.75) is 12.5 Å². The maximum absolute atomic E-state index is 12.0. The van der Waals surface area contributed by atoms with Crippen LogP contribution in [0.25, 0.3) is 0 Å². The van der Waals surface area contributed by atoms with E-state index in [9.17, 15) is 9.90 Å². The molecule has 2 rings (SSSR count). The number of amides is 1. The molecule has 0 saturated heterocycles. The number of rotatable bonds is 4. The molecule has 1 aromatic carbocycles. The molecule has 0 fully saturated rings. The van der Waals surface area contributed by atoms with E-state index in [4.69, 9.17) is 28.9 Å². The predicted molar refractivity (Wildman–Crippen MR) is 80.5 cm³/mol. The Balaban J connectivity index is 2.04. The molecule has 8 heteroatoms. The van der Waals surface area contributed by atoms with Gasteiger partial charge < -0.3 is 16.2 Å². The third-order valence-electron chi connectivity index (χ3n) is 2.73. The number of anilines is 1. The summed E-state index contributed by atoms with van der Waals surface area (Å²) < 4.78 is 0. The van der Waals surface area contributed by atoms with Crippen molar-refractivity contribution in [3.05, 3.63) is 46.5 Å². The fourth-order valence-electron chi connectivity index (χ4n) is 1.64. The van der Waals surface area contributed by atoms with Gasteiger partial charge in [0.25, 0.3) is 0 Å². The Bertz CT molecular complexity index is 629. The molecule has 0 aliphatic heterocycles. The molecule has 0 aliphatic carbocycles. The number of carbonyl (C=O) groups excluding carboxylic acids is 1. The maximum atomic E-state index is 12.0. The minimum atomic E-state index is -0.804. The molecule has 0 saturated carbocycles. The summed E-state index contributed by atoms with van der Waals surface area (Å²) in [4.78, 5) is 19.5. The van der Waals surface area contributed by atoms with Crippen LogP contribution in [0.5, 0.6) is 5.75 Å². The van der Waals surface area contributed by atoms with Gasteiger partial charge in [-0.1, -0.05) is 35.3 Å². The van der Waals surface area contributed by atoms with E-state index < -0.39 is 11.9 Å². The van der Waals surface area contributed by atoms with Crippen LogP contribution in [0.2, 0.25) is 10.3 Å². The Labute approximate surface area is 130 Å². The van der Waals surface area contributed by atoms with E-state index in [1.54, 1.807) is 12.1 Å². The maximum Gasteiger partial charge on any atom is 0.241 e. The molecule has 0 unspecified atom stereocenters. The number of benzene rings is 1. The molecule has 4 N–H and O–H groups in total. The fourth-order valence-corrected chi connectivity index (χ4v) is 2.05. The highest BCUT2D eigenvalue weighted by Gasteiger charge is 2.18. The van der Waals surface area contributed by atoms with Gasteiger partial charge in [0, 0.05) is 0 Å². The summed E-state index contributed by atoms with van der Waals surface area (Å²) in [6.07, 6.45) is 1.49. The summed E-state index contributed by atoms with van der Waals surface area (Å²) in [5.41, 5.74) is 6.78. The van der Waals surface area contributed by atoms with Gasteiger partial charge >= 0.3 is 0 Å². The molecule has 6 nitrogen and oxygen atoms in total. The lowest BCUT2D eigenvalue weighted by Gasteiger charge is -2.13. The highest BCUT2D eigenvalue weighted by Crippen LogP contribution is 2.25. The van der Waals surface area contributed by atoms with Gasteiger partial charge in [0.1, 0.15) is 17.8 Å². The third-order valence-corrected chi connectivity index (χ3v) is 3.30. The molecule has 1 atom stereocenters. The van der Waals surface area contributed by atoms with E-state index in [0.717, 1.165) is 5.56 Å². The number of carbonyl (C=O) groups is 1. The Morgan fingerprint density at radius 2 is 1.81 bits per heavy atom. The highest BCUT2D eigenvalue weighted by molar-refractivity contribution is 6.38. The van der Waals surface area contributed by atoms with Crippen molar-refractivity contribution in [1.29, 1.82) is 0 Å². The van der Waals surface area contributed by atoms with Crippen LogP contribution >= 0.6 is 23.2 Å². The summed E-state index contributed by atoms with van der Waals surface area (Å²) in [7, 11) is 0. The number of aromatic hydroxyl groups is 1. The first-order chi connectivity index (χ1) is 9.97. The number of phenols is 1. The van der Waals surface area contributed by atoms with Crippen LogP contribution in [-0.4, -0.2) is 27.0 Å². The first-order valence-corrected chi connectivity index (χ1v) is 6.73. The van der Waals surface area contributed by atoms with Crippen molar-refractivity contribution in [2.24, 2.45) is 5.73 Å². The number of nitrogens with one attached hydrogen (secondary N) is 1. The van der Waals surface area contributed by atoms with E-state index in [0.29, 0.717) is 6.42 Å². The van der Waals surface area contributed by atoms with Crippen LogP contribution in [0, 0.1) is 0 Å². The number of nitrogens with zero attached hydrogens (tertiary/aromatic N) is 2. The summed E-state index contributed by atoms with van der Waals surface area (Å²) in [5, 5.41) is 11.8. The molecule has 1 aromatic heterocycles. The first kappa shape index (κ1) is 15.5. The summed E-state index contributed by atoms with van der Waals surface area (Å²) in [6.45, 7) is 0. The largest absolute Gasteiger partial charge is 0.508 e. The molecule has 0 aliphatic rings. The minimum absolute atomic E-state index is 0.0418. The van der Waals surface area contributed by atoms with Crippen LogP contribution in [0.15, 0.2) is 30.6 Å². The molecule has 110 valence electrons. The summed E-state index contributed by atoms with van der Waals surface area (Å²) >= 11 is 11.7. The van der Waals surface area contributed by atoms with Crippen molar-refractivity contribution in [1.82, 2.24) is 9.97 Å².